The van der Waals surface area contributed by atoms with Gasteiger partial charge in [-0.25, -0.2) is 9.37 Å². The summed E-state index contributed by atoms with van der Waals surface area (Å²) in [5.41, 5.74) is 1.29. The minimum Gasteiger partial charge on any atom is -0.457 e. The molecule has 0 aliphatic carbocycles. The predicted molar refractivity (Wildman–Crippen MR) is 209 cm³/mol. The highest BCUT2D eigenvalue weighted by Gasteiger charge is 2.48. The van der Waals surface area contributed by atoms with Crippen molar-refractivity contribution in [2.75, 3.05) is 0 Å². The summed E-state index contributed by atoms with van der Waals surface area (Å²) in [6.07, 6.45) is 2.37. The zero-order chi connectivity index (χ0) is 37.2. The van der Waals surface area contributed by atoms with Crippen LogP contribution in [0.4, 0.5) is 4.39 Å². The van der Waals surface area contributed by atoms with Gasteiger partial charge in [-0.2, -0.15) is 0 Å². The third-order valence-electron chi connectivity index (χ3n) is 11.7. The van der Waals surface area contributed by atoms with Gasteiger partial charge in [0.15, 0.2) is 16.6 Å². The number of alkyl halides is 1. The number of carbonyl (C=O) groups is 2. The van der Waals surface area contributed by atoms with Crippen LogP contribution >= 0.6 is 11.3 Å². The summed E-state index contributed by atoms with van der Waals surface area (Å²) in [6.45, 7) is 26.8. The summed E-state index contributed by atoms with van der Waals surface area (Å²) in [6, 6.07) is 5.60. The van der Waals surface area contributed by atoms with E-state index in [0.29, 0.717) is 24.8 Å². The summed E-state index contributed by atoms with van der Waals surface area (Å²) in [7, 11) is -4.35. The summed E-state index contributed by atoms with van der Waals surface area (Å²) in [4.78, 5) is 33.4. The lowest BCUT2D eigenvalue weighted by atomic mass is 9.73. The van der Waals surface area contributed by atoms with Crippen molar-refractivity contribution in [2.45, 2.75) is 176 Å². The van der Waals surface area contributed by atoms with E-state index < -0.39 is 52.3 Å². The van der Waals surface area contributed by atoms with Crippen molar-refractivity contribution in [3.05, 3.63) is 33.3 Å². The second kappa shape index (κ2) is 19.4. The Kier molecular flexibility index (Phi) is 17.3. The molecule has 0 bridgehead atoms. The Morgan fingerprint density at radius 2 is 1.53 bits per heavy atom. The number of cyclic esters (lactones) is 1. The van der Waals surface area contributed by atoms with Crippen LogP contribution in [0.1, 0.15) is 119 Å². The van der Waals surface area contributed by atoms with E-state index in [1.807, 2.05) is 59.1 Å². The number of thiazole rings is 1. The van der Waals surface area contributed by atoms with Crippen LogP contribution in [0.3, 0.4) is 0 Å². The number of aryl methyl sites for hydroxylation is 1. The molecule has 0 saturated heterocycles. The van der Waals surface area contributed by atoms with Crippen LogP contribution < -0.4 is 0 Å². The number of rotatable bonds is 12. The molecule has 1 aromatic rings. The average molecular weight is 738 g/mol. The molecule has 0 fully saturated rings. The number of allylic oxidation sites excluding steroid dienone is 1. The summed E-state index contributed by atoms with van der Waals surface area (Å²) in [5.74, 6) is -0.857. The Bertz CT molecular complexity index is 1260. The van der Waals surface area contributed by atoms with Gasteiger partial charge < -0.3 is 13.6 Å². The van der Waals surface area contributed by atoms with Crippen LogP contribution in [0.25, 0.3) is 6.08 Å². The lowest BCUT2D eigenvalue weighted by Gasteiger charge is -2.44. The quantitative estimate of drug-likeness (QED) is 0.121. The number of esters is 1. The number of Topliss-reactive ketones (excluding diaryl/α,β-unsaturated/α-hetero) is 1. The molecular weight excluding hydrogens is 670 g/mol. The Hall–Kier alpha value is -1.47. The molecule has 1 aromatic heterocycles. The molecule has 0 radical (unpaired) electrons. The summed E-state index contributed by atoms with van der Waals surface area (Å²) < 4.78 is 36.2. The number of halogens is 1. The molecule has 0 aromatic carbocycles. The molecule has 280 valence electrons. The fraction of sp³-hybridized carbons (Fsp3) is 0.769. The van der Waals surface area contributed by atoms with E-state index >= 15 is 4.39 Å². The van der Waals surface area contributed by atoms with Gasteiger partial charge in [0.2, 0.25) is 0 Å². The van der Waals surface area contributed by atoms with E-state index in [1.54, 1.807) is 11.3 Å². The largest absolute Gasteiger partial charge is 0.457 e. The molecule has 2 heterocycles. The van der Waals surface area contributed by atoms with Gasteiger partial charge in [-0.15, -0.1) is 11.3 Å². The first-order chi connectivity index (χ1) is 23.0. The van der Waals surface area contributed by atoms with E-state index in [0.717, 1.165) is 52.5 Å². The Labute approximate surface area is 304 Å². The minimum atomic E-state index is -2.24. The van der Waals surface area contributed by atoms with Gasteiger partial charge in [0, 0.05) is 23.1 Å². The molecule has 1 aliphatic heterocycles. The average Bonchev–Trinajstić information content (AvgIpc) is 3.50. The highest BCUT2D eigenvalue weighted by molar-refractivity contribution is 7.09. The molecule has 1 aliphatic rings. The highest BCUT2D eigenvalue weighted by Crippen LogP contribution is 2.40. The first kappa shape index (κ1) is 43.7. The van der Waals surface area contributed by atoms with E-state index in [2.05, 4.69) is 53.5 Å². The molecule has 49 heavy (non-hydrogen) atoms. The van der Waals surface area contributed by atoms with E-state index in [9.17, 15) is 9.59 Å². The van der Waals surface area contributed by atoms with Crippen molar-refractivity contribution in [1.82, 2.24) is 4.98 Å². The first-order valence-corrected chi connectivity index (χ1v) is 24.9. The molecule has 0 amide bonds. The van der Waals surface area contributed by atoms with E-state index in [-0.39, 0.29) is 24.2 Å². The number of nitrogens with zero attached hydrogens (tertiary/aromatic N) is 1. The lowest BCUT2D eigenvalue weighted by molar-refractivity contribution is -0.153. The number of aromatic nitrogens is 1. The van der Waals surface area contributed by atoms with Crippen LogP contribution in [-0.4, -0.2) is 57.9 Å². The van der Waals surface area contributed by atoms with Gasteiger partial charge in [0.25, 0.3) is 0 Å². The fourth-order valence-corrected chi connectivity index (χ4v) is 13.9. The Morgan fingerprint density at radius 3 is 2.04 bits per heavy atom. The number of carbonyl (C=O) groups excluding carboxylic acids is 2. The van der Waals surface area contributed by atoms with Crippen molar-refractivity contribution < 1.29 is 27.6 Å². The maximum Gasteiger partial charge on any atom is 0.309 e. The number of hydrogen-bond donors (Lipinski definition) is 0. The SMILES string of the molecule is CC[Si](CC)(CC)O[C@H]1[C@@H](C)CC[C@@H](F)/C(C)=C\CC(/C(C)=C/c2csc(C)n2)OC(=O)C[C@H](O[Si](CC)(CC)CC)C(C)(C)C(=O)[C@@H]1C. The van der Waals surface area contributed by atoms with Gasteiger partial charge in [0.1, 0.15) is 18.1 Å². The van der Waals surface area contributed by atoms with Gasteiger partial charge >= 0.3 is 5.97 Å². The maximum absolute atomic E-state index is 15.8. The monoisotopic (exact) mass is 737 g/mol. The van der Waals surface area contributed by atoms with E-state index in [4.69, 9.17) is 13.6 Å². The number of ketones is 1. The third kappa shape index (κ3) is 11.5. The summed E-state index contributed by atoms with van der Waals surface area (Å²) >= 11 is 1.56. The predicted octanol–water partition coefficient (Wildman–Crippen LogP) is 11.3. The standard InChI is InChI=1S/C39H68FNO5SSi2/c1-14-48(15-2,16-3)45-35-25-36(42)44-34(29(9)24-32-26-47-31(11)41-32)23-21-27(7)33(40)22-20-28(8)37(30(10)38(43)39(35,12)13)46-49(17-4,18-5)19-6/h21,24,26,28,30,33-35,37H,14-20,22-23,25H2,1-13H3/b27-21-,29-24+/t28-,30+,33+,34?,35-,37-/m0/s1. The van der Waals surface area contributed by atoms with Gasteiger partial charge in [-0.05, 0) is 93.0 Å². The fourth-order valence-electron chi connectivity index (χ4n) is 7.32. The minimum absolute atomic E-state index is 0.0237. The van der Waals surface area contributed by atoms with Crippen LogP contribution in [-0.2, 0) is 23.2 Å². The van der Waals surface area contributed by atoms with Crippen LogP contribution in [0, 0.1) is 24.2 Å². The van der Waals surface area contributed by atoms with Crippen LogP contribution in [0.2, 0.25) is 36.3 Å². The van der Waals surface area contributed by atoms with Crippen LogP contribution in [0.5, 0.6) is 0 Å². The summed E-state index contributed by atoms with van der Waals surface area (Å²) in [5, 5.41) is 2.93. The lowest BCUT2D eigenvalue weighted by Crippen LogP contribution is -2.53. The van der Waals surface area contributed by atoms with Crippen molar-refractivity contribution in [3.8, 4) is 0 Å². The van der Waals surface area contributed by atoms with Crippen molar-refractivity contribution in [2.24, 2.45) is 17.3 Å². The number of hydrogen-bond acceptors (Lipinski definition) is 7. The van der Waals surface area contributed by atoms with Crippen molar-refractivity contribution in [3.63, 3.8) is 0 Å². The zero-order valence-electron chi connectivity index (χ0n) is 33.0. The molecular formula is C39H68FNO5SSi2. The third-order valence-corrected chi connectivity index (χ3v) is 21.8. The molecule has 0 N–H and O–H groups in total. The van der Waals surface area contributed by atoms with Gasteiger partial charge in [-0.1, -0.05) is 75.3 Å². The topological polar surface area (TPSA) is 74.7 Å². The van der Waals surface area contributed by atoms with Crippen molar-refractivity contribution >= 4 is 45.8 Å². The Balaban J connectivity index is 2.70. The molecule has 1 unspecified atom stereocenters. The Morgan fingerprint density at radius 1 is 0.980 bits per heavy atom. The molecule has 6 atom stereocenters. The highest BCUT2D eigenvalue weighted by atomic mass is 32.1. The molecule has 2 rings (SSSR count). The van der Waals surface area contributed by atoms with Gasteiger partial charge in [0.05, 0.1) is 29.3 Å². The molecule has 10 heteroatoms. The van der Waals surface area contributed by atoms with Crippen LogP contribution in [0.15, 0.2) is 22.6 Å². The zero-order valence-corrected chi connectivity index (χ0v) is 35.9. The normalized spacial score (nSPS) is 28.2. The molecule has 0 spiro atoms. The van der Waals surface area contributed by atoms with Crippen molar-refractivity contribution in [1.29, 1.82) is 0 Å². The number of ether oxygens (including phenoxy) is 1. The molecule has 6 nitrogen and oxygen atoms in total. The first-order valence-electron chi connectivity index (χ1n) is 19.0. The molecule has 0 saturated carbocycles. The smallest absolute Gasteiger partial charge is 0.309 e. The second-order valence-corrected chi connectivity index (χ2v) is 25.6. The second-order valence-electron chi connectivity index (χ2n) is 15.1. The van der Waals surface area contributed by atoms with E-state index in [1.165, 1.54) is 0 Å². The maximum atomic E-state index is 15.8. The van der Waals surface area contributed by atoms with Gasteiger partial charge in [-0.3, -0.25) is 9.59 Å².